The van der Waals surface area contributed by atoms with Gasteiger partial charge >= 0.3 is 0 Å². The molecule has 0 bridgehead atoms. The molecular formula is C10H11BrN2O2. The first-order valence-corrected chi connectivity index (χ1v) is 5.47. The number of carbonyl (C=O) groups excluding carboxylic acids is 2. The highest BCUT2D eigenvalue weighted by atomic mass is 79.9. The number of nitrogens with one attached hydrogen (secondary N) is 2. The van der Waals surface area contributed by atoms with Crippen LogP contribution in [0.4, 0.5) is 11.4 Å². The minimum atomic E-state index is -0.140. The monoisotopic (exact) mass is 270 g/mol. The largest absolute Gasteiger partial charge is 0.326 e. The van der Waals surface area contributed by atoms with Gasteiger partial charge in [0, 0.05) is 18.3 Å². The molecule has 15 heavy (non-hydrogen) atoms. The third kappa shape index (κ3) is 4.12. The van der Waals surface area contributed by atoms with Gasteiger partial charge in [0.1, 0.15) is 0 Å². The Balaban J connectivity index is 2.74. The topological polar surface area (TPSA) is 58.2 Å². The first-order valence-electron chi connectivity index (χ1n) is 4.35. The van der Waals surface area contributed by atoms with E-state index >= 15 is 0 Å². The van der Waals surface area contributed by atoms with Crippen molar-refractivity contribution in [2.75, 3.05) is 16.0 Å². The summed E-state index contributed by atoms with van der Waals surface area (Å²) < 4.78 is 0. The Morgan fingerprint density at radius 2 is 1.87 bits per heavy atom. The Morgan fingerprint density at radius 3 is 2.40 bits per heavy atom. The van der Waals surface area contributed by atoms with E-state index in [1.165, 1.54) is 6.92 Å². The van der Waals surface area contributed by atoms with Crippen molar-refractivity contribution in [1.82, 2.24) is 0 Å². The van der Waals surface area contributed by atoms with E-state index in [4.69, 9.17) is 0 Å². The molecule has 2 amide bonds. The number of benzene rings is 1. The first-order chi connectivity index (χ1) is 7.11. The Bertz CT molecular complexity index is 379. The van der Waals surface area contributed by atoms with E-state index in [0.717, 1.165) is 0 Å². The van der Waals surface area contributed by atoms with Crippen LogP contribution in [0.3, 0.4) is 0 Å². The molecule has 5 heteroatoms. The first kappa shape index (κ1) is 11.7. The molecule has 1 aromatic carbocycles. The van der Waals surface area contributed by atoms with Gasteiger partial charge < -0.3 is 10.6 Å². The van der Waals surface area contributed by atoms with Crippen molar-refractivity contribution in [2.24, 2.45) is 0 Å². The highest BCUT2D eigenvalue weighted by Gasteiger charge is 2.01. The summed E-state index contributed by atoms with van der Waals surface area (Å²) in [5, 5.41) is 5.55. The van der Waals surface area contributed by atoms with Crippen LogP contribution in [0, 0.1) is 0 Å². The van der Waals surface area contributed by atoms with Crippen LogP contribution in [0.1, 0.15) is 6.92 Å². The zero-order valence-corrected chi connectivity index (χ0v) is 9.80. The second-order valence-corrected chi connectivity index (χ2v) is 3.50. The van der Waals surface area contributed by atoms with Crippen molar-refractivity contribution >= 4 is 39.1 Å². The lowest BCUT2D eigenvalue weighted by Crippen LogP contribution is -2.12. The molecule has 0 atom stereocenters. The van der Waals surface area contributed by atoms with E-state index in [2.05, 4.69) is 26.6 Å². The average Bonchev–Trinajstić information content (AvgIpc) is 2.17. The van der Waals surface area contributed by atoms with Crippen LogP contribution in [0.5, 0.6) is 0 Å². The van der Waals surface area contributed by atoms with E-state index in [9.17, 15) is 9.59 Å². The number of rotatable bonds is 3. The lowest BCUT2D eigenvalue weighted by molar-refractivity contribution is -0.114. The van der Waals surface area contributed by atoms with Crippen LogP contribution in [0.2, 0.25) is 0 Å². The van der Waals surface area contributed by atoms with Crippen LogP contribution in [0.25, 0.3) is 0 Å². The maximum atomic E-state index is 11.1. The molecule has 0 unspecified atom stereocenters. The van der Waals surface area contributed by atoms with Crippen molar-refractivity contribution in [3.63, 3.8) is 0 Å². The molecule has 0 aliphatic carbocycles. The number of alkyl halides is 1. The van der Waals surface area contributed by atoms with Gasteiger partial charge in [0.25, 0.3) is 0 Å². The van der Waals surface area contributed by atoms with Gasteiger partial charge in [-0.2, -0.15) is 0 Å². The fraction of sp³-hybridized carbons (Fsp3) is 0.200. The Hall–Kier alpha value is -1.36. The third-order valence-corrected chi connectivity index (χ3v) is 2.10. The molecular weight excluding hydrogens is 260 g/mol. The summed E-state index contributed by atoms with van der Waals surface area (Å²) in [5.41, 5.74) is 1.32. The van der Waals surface area contributed by atoms with Crippen LogP contribution in [-0.4, -0.2) is 17.1 Å². The lowest BCUT2D eigenvalue weighted by atomic mass is 10.2. The Morgan fingerprint density at radius 1 is 1.27 bits per heavy atom. The molecule has 0 radical (unpaired) electrons. The number of amides is 2. The van der Waals surface area contributed by atoms with E-state index in [1.54, 1.807) is 24.3 Å². The van der Waals surface area contributed by atoms with Gasteiger partial charge in [0.2, 0.25) is 11.8 Å². The quantitative estimate of drug-likeness (QED) is 0.826. The summed E-state index contributed by atoms with van der Waals surface area (Å²) in [6, 6.07) is 6.97. The fourth-order valence-electron chi connectivity index (χ4n) is 1.07. The van der Waals surface area contributed by atoms with Gasteiger partial charge in [-0.3, -0.25) is 9.59 Å². The zero-order chi connectivity index (χ0) is 11.3. The molecule has 80 valence electrons. The molecule has 0 spiro atoms. The molecule has 0 heterocycles. The molecule has 0 aromatic heterocycles. The fourth-order valence-corrected chi connectivity index (χ4v) is 1.21. The molecule has 1 aromatic rings. The lowest BCUT2D eigenvalue weighted by Gasteiger charge is -2.06. The predicted molar refractivity (Wildman–Crippen MR) is 63.2 cm³/mol. The summed E-state index contributed by atoms with van der Waals surface area (Å²) in [5.74, 6) is -0.269. The second-order valence-electron chi connectivity index (χ2n) is 2.94. The van der Waals surface area contributed by atoms with E-state index < -0.39 is 0 Å². The van der Waals surface area contributed by atoms with Crippen molar-refractivity contribution in [3.05, 3.63) is 24.3 Å². The van der Waals surface area contributed by atoms with Gasteiger partial charge in [0.15, 0.2) is 0 Å². The summed E-state index contributed by atoms with van der Waals surface area (Å²) in [6.07, 6.45) is 0. The Labute approximate surface area is 96.2 Å². The predicted octanol–water partition coefficient (Wildman–Crippen LogP) is 1.98. The zero-order valence-electron chi connectivity index (χ0n) is 8.21. The molecule has 0 fully saturated rings. The van der Waals surface area contributed by atoms with Crippen LogP contribution in [0.15, 0.2) is 24.3 Å². The van der Waals surface area contributed by atoms with Gasteiger partial charge in [-0.15, -0.1) is 0 Å². The van der Waals surface area contributed by atoms with E-state index in [-0.39, 0.29) is 17.1 Å². The molecule has 0 saturated carbocycles. The molecule has 4 nitrogen and oxygen atoms in total. The van der Waals surface area contributed by atoms with Crippen molar-refractivity contribution < 1.29 is 9.59 Å². The number of anilines is 2. The summed E-state index contributed by atoms with van der Waals surface area (Å²) in [7, 11) is 0. The van der Waals surface area contributed by atoms with Crippen LogP contribution in [-0.2, 0) is 9.59 Å². The van der Waals surface area contributed by atoms with Crippen molar-refractivity contribution in [3.8, 4) is 0 Å². The highest BCUT2D eigenvalue weighted by Crippen LogP contribution is 2.14. The number of halogens is 1. The maximum Gasteiger partial charge on any atom is 0.235 e. The number of carbonyl (C=O) groups is 2. The normalized spacial score (nSPS) is 9.47. The summed E-state index contributed by atoms with van der Waals surface area (Å²) in [6.45, 7) is 1.43. The number of hydrogen-bond donors (Lipinski definition) is 2. The Kier molecular flexibility index (Phi) is 4.30. The molecule has 0 saturated heterocycles. The highest BCUT2D eigenvalue weighted by molar-refractivity contribution is 9.09. The van der Waals surface area contributed by atoms with Gasteiger partial charge in [-0.1, -0.05) is 22.0 Å². The minimum Gasteiger partial charge on any atom is -0.326 e. The van der Waals surface area contributed by atoms with E-state index in [1.807, 2.05) is 0 Å². The van der Waals surface area contributed by atoms with Gasteiger partial charge in [-0.25, -0.2) is 0 Å². The molecule has 0 aliphatic rings. The maximum absolute atomic E-state index is 11.1. The molecule has 2 N–H and O–H groups in total. The van der Waals surface area contributed by atoms with Crippen LogP contribution >= 0.6 is 15.9 Å². The molecule has 1 rings (SSSR count). The summed E-state index contributed by atoms with van der Waals surface area (Å²) in [4.78, 5) is 21.9. The van der Waals surface area contributed by atoms with Crippen molar-refractivity contribution in [1.29, 1.82) is 0 Å². The van der Waals surface area contributed by atoms with Crippen molar-refractivity contribution in [2.45, 2.75) is 6.92 Å². The third-order valence-electron chi connectivity index (χ3n) is 1.59. The smallest absolute Gasteiger partial charge is 0.235 e. The van der Waals surface area contributed by atoms with Crippen LogP contribution < -0.4 is 10.6 Å². The van der Waals surface area contributed by atoms with Gasteiger partial charge in [0.05, 0.1) is 5.33 Å². The standard InChI is InChI=1S/C10H11BrN2O2/c1-7(14)12-8-3-2-4-9(5-8)13-10(15)6-11/h2-5H,6H2,1H3,(H,12,14)(H,13,15). The minimum absolute atomic E-state index is 0.130. The second kappa shape index (κ2) is 5.50. The molecule has 0 aliphatic heterocycles. The van der Waals surface area contributed by atoms with Gasteiger partial charge in [-0.05, 0) is 18.2 Å². The summed E-state index contributed by atoms with van der Waals surface area (Å²) >= 11 is 3.05. The average molecular weight is 271 g/mol. The van der Waals surface area contributed by atoms with E-state index in [0.29, 0.717) is 11.4 Å². The SMILES string of the molecule is CC(=O)Nc1cccc(NC(=O)CBr)c1. The number of hydrogen-bond acceptors (Lipinski definition) is 2.